The number of hydrogen-bond acceptors (Lipinski definition) is 4. The van der Waals surface area contributed by atoms with Crippen LogP contribution in [0.2, 0.25) is 19.6 Å². The lowest BCUT2D eigenvalue weighted by Gasteiger charge is -2.43. The van der Waals surface area contributed by atoms with E-state index in [4.69, 9.17) is 9.97 Å². The SMILES string of the molecule is C[Si](C)(C)C1=C2c3nc4ccccc4nc3[C@](O)(c3ccccc3)C[C@H]2CCC1=O. The Morgan fingerprint density at radius 2 is 1.60 bits per heavy atom. The van der Waals surface area contributed by atoms with Crippen molar-refractivity contribution in [2.75, 3.05) is 0 Å². The molecular formula is C25H26N2O2Si. The van der Waals surface area contributed by atoms with Crippen LogP contribution in [-0.2, 0) is 10.4 Å². The van der Waals surface area contributed by atoms with Gasteiger partial charge in [-0.05, 0) is 47.2 Å². The van der Waals surface area contributed by atoms with E-state index >= 15 is 0 Å². The maximum Gasteiger partial charge on any atom is 0.155 e. The van der Waals surface area contributed by atoms with Crippen molar-refractivity contribution in [3.8, 4) is 0 Å². The van der Waals surface area contributed by atoms with Crippen LogP contribution in [0.25, 0.3) is 16.6 Å². The van der Waals surface area contributed by atoms with Gasteiger partial charge in [0.25, 0.3) is 0 Å². The van der Waals surface area contributed by atoms with Gasteiger partial charge in [-0.25, -0.2) is 9.97 Å². The maximum absolute atomic E-state index is 13.1. The number of benzene rings is 2. The van der Waals surface area contributed by atoms with E-state index in [1.807, 2.05) is 54.6 Å². The minimum atomic E-state index is -1.91. The van der Waals surface area contributed by atoms with Crippen LogP contribution >= 0.6 is 0 Å². The molecule has 4 nitrogen and oxygen atoms in total. The third-order valence-corrected chi connectivity index (χ3v) is 8.49. The molecule has 0 fully saturated rings. The number of carbonyl (C=O) groups excluding carboxylic acids is 1. The fourth-order valence-electron chi connectivity index (χ4n) is 5.17. The summed E-state index contributed by atoms with van der Waals surface area (Å²) in [6.07, 6.45) is 1.84. The zero-order valence-corrected chi connectivity index (χ0v) is 18.6. The van der Waals surface area contributed by atoms with Crippen LogP contribution in [0.15, 0.2) is 59.8 Å². The topological polar surface area (TPSA) is 63.1 Å². The van der Waals surface area contributed by atoms with Crippen LogP contribution in [-0.4, -0.2) is 28.9 Å². The van der Waals surface area contributed by atoms with Crippen LogP contribution in [0.3, 0.4) is 0 Å². The number of nitrogens with zero attached hydrogens (tertiary/aromatic N) is 2. The molecule has 0 saturated heterocycles. The highest BCUT2D eigenvalue weighted by atomic mass is 28.3. The molecular weight excluding hydrogens is 388 g/mol. The molecule has 2 atom stereocenters. The first-order valence-corrected chi connectivity index (χ1v) is 14.1. The van der Waals surface area contributed by atoms with Crippen molar-refractivity contribution in [3.63, 3.8) is 0 Å². The van der Waals surface area contributed by atoms with E-state index < -0.39 is 13.7 Å². The maximum atomic E-state index is 13.1. The second kappa shape index (κ2) is 6.69. The Balaban J connectivity index is 1.89. The van der Waals surface area contributed by atoms with E-state index in [0.717, 1.165) is 39.5 Å². The molecule has 0 spiro atoms. The molecule has 0 amide bonds. The zero-order valence-electron chi connectivity index (χ0n) is 17.6. The van der Waals surface area contributed by atoms with E-state index in [0.29, 0.717) is 18.5 Å². The molecule has 1 N–H and O–H groups in total. The second-order valence-electron chi connectivity index (χ2n) is 9.54. The number of Topliss-reactive ketones (excluding diaryl/α,β-unsaturated/α-hetero) is 1. The fourth-order valence-corrected chi connectivity index (χ4v) is 7.26. The van der Waals surface area contributed by atoms with Gasteiger partial charge in [0.2, 0.25) is 0 Å². The number of aromatic nitrogens is 2. The van der Waals surface area contributed by atoms with Crippen LogP contribution in [0.4, 0.5) is 0 Å². The van der Waals surface area contributed by atoms with E-state index in [9.17, 15) is 9.90 Å². The molecule has 0 unspecified atom stereocenters. The highest BCUT2D eigenvalue weighted by Gasteiger charge is 2.49. The summed E-state index contributed by atoms with van der Waals surface area (Å²) in [7, 11) is -1.91. The summed E-state index contributed by atoms with van der Waals surface area (Å²) >= 11 is 0. The molecule has 2 aliphatic carbocycles. The third kappa shape index (κ3) is 2.88. The molecule has 2 aliphatic rings. The molecule has 3 aromatic rings. The van der Waals surface area contributed by atoms with Gasteiger partial charge in [-0.15, -0.1) is 0 Å². The summed E-state index contributed by atoms with van der Waals surface area (Å²) in [6, 6.07) is 17.5. The number of allylic oxidation sites excluding steroid dienone is 2. The molecule has 2 aromatic carbocycles. The Morgan fingerprint density at radius 1 is 0.967 bits per heavy atom. The summed E-state index contributed by atoms with van der Waals surface area (Å²) in [5.41, 5.74) is 3.55. The van der Waals surface area contributed by atoms with Gasteiger partial charge in [0.15, 0.2) is 5.78 Å². The van der Waals surface area contributed by atoms with Crippen molar-refractivity contribution in [1.82, 2.24) is 9.97 Å². The molecule has 5 heteroatoms. The van der Waals surface area contributed by atoms with Gasteiger partial charge in [0, 0.05) is 6.42 Å². The van der Waals surface area contributed by atoms with Crippen molar-refractivity contribution in [1.29, 1.82) is 0 Å². The lowest BCUT2D eigenvalue weighted by Crippen LogP contribution is -2.42. The summed E-state index contributed by atoms with van der Waals surface area (Å²) in [4.78, 5) is 23.0. The number of rotatable bonds is 2. The highest BCUT2D eigenvalue weighted by Crippen LogP contribution is 2.52. The largest absolute Gasteiger partial charge is 0.379 e. The molecule has 152 valence electrons. The Labute approximate surface area is 177 Å². The normalized spacial score (nSPS) is 24.0. The fraction of sp³-hybridized carbons (Fsp3) is 0.320. The van der Waals surface area contributed by atoms with Crippen molar-refractivity contribution in [3.05, 3.63) is 76.7 Å². The summed E-state index contributed by atoms with van der Waals surface area (Å²) < 4.78 is 0. The standard InChI is InChI=1S/C25H26N2O2Si/c1-30(2,3)23-20(28)14-13-16-15-25(29,17-9-5-4-6-10-17)24-22(21(16)23)26-18-11-7-8-12-19(18)27-24/h4-12,16,29H,13-15H2,1-3H3/t16-,25-/m1/s1. The Hall–Kier alpha value is -2.63. The van der Waals surface area contributed by atoms with Gasteiger partial charge in [-0.2, -0.15) is 0 Å². The Bertz CT molecular complexity index is 1200. The van der Waals surface area contributed by atoms with Gasteiger partial charge < -0.3 is 5.11 Å². The summed E-state index contributed by atoms with van der Waals surface area (Å²) in [6.45, 7) is 6.67. The summed E-state index contributed by atoms with van der Waals surface area (Å²) in [5.74, 6) is 0.365. The average Bonchev–Trinajstić information content (AvgIpc) is 2.73. The number of fused-ring (bicyclic) bond motifs is 4. The minimum absolute atomic E-state index is 0.109. The van der Waals surface area contributed by atoms with E-state index in [1.54, 1.807) is 0 Å². The second-order valence-corrected chi connectivity index (χ2v) is 14.5. The Kier molecular flexibility index (Phi) is 4.31. The van der Waals surface area contributed by atoms with Crippen molar-refractivity contribution >= 4 is 30.5 Å². The molecule has 0 saturated carbocycles. The summed E-state index contributed by atoms with van der Waals surface area (Å²) in [5, 5.41) is 13.0. The van der Waals surface area contributed by atoms with Crippen LogP contribution in [0.1, 0.15) is 36.2 Å². The van der Waals surface area contributed by atoms with Gasteiger partial charge in [0.1, 0.15) is 11.3 Å². The van der Waals surface area contributed by atoms with Gasteiger partial charge in [-0.3, -0.25) is 4.79 Å². The van der Waals surface area contributed by atoms with Crippen molar-refractivity contribution in [2.24, 2.45) is 5.92 Å². The first-order valence-electron chi connectivity index (χ1n) is 10.6. The van der Waals surface area contributed by atoms with Crippen LogP contribution in [0, 0.1) is 5.92 Å². The van der Waals surface area contributed by atoms with E-state index in [2.05, 4.69) is 19.6 Å². The quantitative estimate of drug-likeness (QED) is 0.607. The number of hydrogen-bond donors (Lipinski definition) is 1. The molecule has 30 heavy (non-hydrogen) atoms. The van der Waals surface area contributed by atoms with Gasteiger partial charge in [-0.1, -0.05) is 62.1 Å². The van der Waals surface area contributed by atoms with Gasteiger partial charge in [0.05, 0.1) is 24.8 Å². The zero-order chi connectivity index (χ0) is 21.1. The predicted octanol–water partition coefficient (Wildman–Crippen LogP) is 4.88. The van der Waals surface area contributed by atoms with Crippen molar-refractivity contribution < 1.29 is 9.90 Å². The molecule has 1 heterocycles. The van der Waals surface area contributed by atoms with Crippen LogP contribution < -0.4 is 0 Å². The Morgan fingerprint density at radius 3 is 2.27 bits per heavy atom. The highest BCUT2D eigenvalue weighted by molar-refractivity contribution is 6.88. The van der Waals surface area contributed by atoms with Crippen LogP contribution in [0.5, 0.6) is 0 Å². The monoisotopic (exact) mass is 414 g/mol. The van der Waals surface area contributed by atoms with E-state index in [1.165, 1.54) is 0 Å². The molecule has 0 bridgehead atoms. The molecule has 5 rings (SSSR count). The van der Waals surface area contributed by atoms with Crippen molar-refractivity contribution in [2.45, 2.75) is 44.5 Å². The first kappa shape index (κ1) is 19.3. The predicted molar refractivity (Wildman–Crippen MR) is 122 cm³/mol. The molecule has 0 radical (unpaired) electrons. The number of aliphatic hydroxyl groups is 1. The molecule has 0 aliphatic heterocycles. The lowest BCUT2D eigenvalue weighted by atomic mass is 9.68. The molecule has 1 aromatic heterocycles. The third-order valence-electron chi connectivity index (χ3n) is 6.44. The van der Waals surface area contributed by atoms with Gasteiger partial charge >= 0.3 is 0 Å². The smallest absolute Gasteiger partial charge is 0.155 e. The lowest BCUT2D eigenvalue weighted by molar-refractivity contribution is -0.115. The minimum Gasteiger partial charge on any atom is -0.379 e. The number of ketones is 1. The number of para-hydroxylation sites is 2. The van der Waals surface area contributed by atoms with E-state index in [-0.39, 0.29) is 11.7 Å². The number of carbonyl (C=O) groups is 1. The first-order chi connectivity index (χ1) is 14.3. The average molecular weight is 415 g/mol.